The van der Waals surface area contributed by atoms with Gasteiger partial charge in [0.1, 0.15) is 0 Å². The van der Waals surface area contributed by atoms with Gasteiger partial charge in [0.25, 0.3) is 0 Å². The molecule has 6 nitrogen and oxygen atoms in total. The van der Waals surface area contributed by atoms with Gasteiger partial charge in [0.2, 0.25) is 6.39 Å². The summed E-state index contributed by atoms with van der Waals surface area (Å²) in [6.45, 7) is 0. The van der Waals surface area contributed by atoms with Crippen molar-refractivity contribution < 1.29 is 4.52 Å². The summed E-state index contributed by atoms with van der Waals surface area (Å²) in [4.78, 5) is 0. The van der Waals surface area contributed by atoms with Gasteiger partial charge in [-0.3, -0.25) is 0 Å². The molecule has 0 saturated heterocycles. The Kier molecular flexibility index (Phi) is 3.04. The number of rotatable bonds is 0. The topological polar surface area (TPSA) is 77.6 Å². The summed E-state index contributed by atoms with van der Waals surface area (Å²) in [5.41, 5.74) is 0. The van der Waals surface area contributed by atoms with Gasteiger partial charge in [-0.2, -0.15) is 0 Å². The zero-order chi connectivity index (χ0) is 7.07. The molecule has 0 radical (unpaired) electrons. The Balaban J connectivity index is 0.0000001000. The minimum absolute atomic E-state index is 1.15. The van der Waals surface area contributed by atoms with E-state index in [9.17, 15) is 0 Å². The van der Waals surface area contributed by atoms with Gasteiger partial charge in [0.15, 0.2) is 0 Å². The van der Waals surface area contributed by atoms with E-state index < -0.39 is 0 Å². The van der Waals surface area contributed by atoms with E-state index in [1.165, 1.54) is 11.5 Å². The molecule has 0 bridgehead atoms. The van der Waals surface area contributed by atoms with Crippen molar-refractivity contribution in [2.75, 3.05) is 0 Å². The summed E-state index contributed by atoms with van der Waals surface area (Å²) in [5, 5.41) is 14.5. The average Bonchev–Trinajstić information content (AvgIpc) is 2.67. The van der Waals surface area contributed by atoms with Crippen LogP contribution in [0.1, 0.15) is 0 Å². The summed E-state index contributed by atoms with van der Waals surface area (Å²) < 4.78 is 7.62. The third-order valence-corrected chi connectivity index (χ3v) is 0.944. The maximum atomic E-state index is 4.11. The summed E-state index contributed by atoms with van der Waals surface area (Å²) in [6.07, 6.45) is 2.81. The molecule has 2 rings (SSSR count). The highest BCUT2D eigenvalue weighted by molar-refractivity contribution is 7.03. The van der Waals surface area contributed by atoms with E-state index in [0.29, 0.717) is 0 Å². The molecule has 52 valence electrons. The highest BCUT2D eigenvalue weighted by Crippen LogP contribution is 1.78. The second kappa shape index (κ2) is 4.50. The van der Waals surface area contributed by atoms with E-state index in [0.717, 1.165) is 6.39 Å². The quantitative estimate of drug-likeness (QED) is 0.535. The van der Waals surface area contributed by atoms with Crippen molar-refractivity contribution in [2.24, 2.45) is 0 Å². The predicted octanol–water partition coefficient (Wildman–Crippen LogP) is 0.00270. The van der Waals surface area contributed by atoms with Crippen LogP contribution in [0.2, 0.25) is 0 Å². The molecule has 0 atom stereocenters. The third kappa shape index (κ3) is 2.82. The van der Waals surface area contributed by atoms with E-state index in [4.69, 9.17) is 0 Å². The molecule has 0 aliphatic rings. The van der Waals surface area contributed by atoms with Gasteiger partial charge in [0.05, 0.1) is 11.5 Å². The second-order valence-corrected chi connectivity index (χ2v) is 1.73. The first-order valence-corrected chi connectivity index (χ1v) is 3.12. The van der Waals surface area contributed by atoms with E-state index in [1.807, 2.05) is 5.38 Å². The lowest BCUT2D eigenvalue weighted by molar-refractivity contribution is 0.392. The molecule has 0 amide bonds. The Bertz CT molecular complexity index is 156. The van der Waals surface area contributed by atoms with Gasteiger partial charge in [0, 0.05) is 5.38 Å². The van der Waals surface area contributed by atoms with Gasteiger partial charge in [-0.15, -0.1) is 5.10 Å². The van der Waals surface area contributed by atoms with Crippen LogP contribution in [0.4, 0.5) is 0 Å². The smallest absolute Gasteiger partial charge is 0.235 e. The SMILES string of the molecule is c1csnn1.c1nnno1. The van der Waals surface area contributed by atoms with E-state index in [-0.39, 0.29) is 0 Å². The molecule has 0 saturated carbocycles. The van der Waals surface area contributed by atoms with E-state index >= 15 is 0 Å². The Morgan fingerprint density at radius 1 is 1.30 bits per heavy atom. The van der Waals surface area contributed by atoms with Gasteiger partial charge in [-0.1, -0.05) is 9.59 Å². The van der Waals surface area contributed by atoms with Gasteiger partial charge in [-0.05, 0) is 16.7 Å². The fourth-order valence-corrected chi connectivity index (χ4v) is 0.514. The molecule has 0 aliphatic carbocycles. The molecular formula is C3H3N5OS. The maximum Gasteiger partial charge on any atom is 0.235 e. The van der Waals surface area contributed by atoms with Gasteiger partial charge >= 0.3 is 0 Å². The Morgan fingerprint density at radius 2 is 2.30 bits per heavy atom. The molecule has 0 N–H and O–H groups in total. The third-order valence-electron chi connectivity index (χ3n) is 0.512. The summed E-state index contributed by atoms with van der Waals surface area (Å²) in [7, 11) is 0. The average molecular weight is 157 g/mol. The van der Waals surface area contributed by atoms with Crippen molar-refractivity contribution in [3.63, 3.8) is 0 Å². The van der Waals surface area contributed by atoms with Crippen LogP contribution in [0.25, 0.3) is 0 Å². The van der Waals surface area contributed by atoms with Crippen LogP contribution in [-0.2, 0) is 0 Å². The van der Waals surface area contributed by atoms with Crippen LogP contribution in [0.3, 0.4) is 0 Å². The molecular weight excluding hydrogens is 154 g/mol. The molecule has 2 aromatic heterocycles. The van der Waals surface area contributed by atoms with E-state index in [2.05, 4.69) is 29.7 Å². The lowest BCUT2D eigenvalue weighted by Gasteiger charge is -1.41. The molecule has 2 aromatic rings. The van der Waals surface area contributed by atoms with E-state index in [1.54, 1.807) is 6.20 Å². The van der Waals surface area contributed by atoms with Crippen molar-refractivity contribution in [2.45, 2.75) is 0 Å². The molecule has 0 unspecified atom stereocenters. The summed E-state index contributed by atoms with van der Waals surface area (Å²) in [6, 6.07) is 0. The minimum Gasteiger partial charge on any atom is -0.324 e. The van der Waals surface area contributed by atoms with Crippen molar-refractivity contribution in [1.29, 1.82) is 0 Å². The van der Waals surface area contributed by atoms with Crippen LogP contribution in [0, 0.1) is 0 Å². The summed E-state index contributed by atoms with van der Waals surface area (Å²) >= 11 is 1.35. The fraction of sp³-hybridized carbons (Fsp3) is 0. The Morgan fingerprint density at radius 3 is 2.50 bits per heavy atom. The molecule has 2 heterocycles. The molecule has 10 heavy (non-hydrogen) atoms. The molecule has 7 heteroatoms. The predicted molar refractivity (Wildman–Crippen MR) is 32.0 cm³/mol. The normalized spacial score (nSPS) is 8.00. The van der Waals surface area contributed by atoms with Crippen molar-refractivity contribution in [1.82, 2.24) is 25.2 Å². The number of aromatic nitrogens is 5. The lowest BCUT2D eigenvalue weighted by Crippen LogP contribution is -1.61. The van der Waals surface area contributed by atoms with Crippen molar-refractivity contribution in [3.8, 4) is 0 Å². The Labute approximate surface area is 60.0 Å². The van der Waals surface area contributed by atoms with Crippen LogP contribution >= 0.6 is 11.5 Å². The Hall–Kier alpha value is -1.37. The van der Waals surface area contributed by atoms with Gasteiger partial charge < -0.3 is 4.52 Å². The maximum absolute atomic E-state index is 4.11. The highest BCUT2D eigenvalue weighted by atomic mass is 32.1. The molecule has 0 aromatic carbocycles. The second-order valence-electron chi connectivity index (χ2n) is 1.09. The zero-order valence-electron chi connectivity index (χ0n) is 4.78. The molecule has 0 spiro atoms. The van der Waals surface area contributed by atoms with Crippen LogP contribution < -0.4 is 0 Å². The van der Waals surface area contributed by atoms with Crippen LogP contribution in [-0.4, -0.2) is 25.2 Å². The summed E-state index contributed by atoms with van der Waals surface area (Å²) in [5.74, 6) is 0. The number of hydrogen-bond acceptors (Lipinski definition) is 7. The first kappa shape index (κ1) is 6.75. The van der Waals surface area contributed by atoms with Crippen LogP contribution in [0.5, 0.6) is 0 Å². The zero-order valence-corrected chi connectivity index (χ0v) is 5.60. The minimum atomic E-state index is 1.15. The van der Waals surface area contributed by atoms with Gasteiger partial charge in [-0.25, -0.2) is 0 Å². The van der Waals surface area contributed by atoms with Crippen molar-refractivity contribution >= 4 is 11.5 Å². The highest BCUT2D eigenvalue weighted by Gasteiger charge is 1.62. The number of nitrogens with zero attached hydrogens (tertiary/aromatic N) is 5. The standard InChI is InChI=1S/C2H2N2S.CHN3O/c1-2-5-4-3-1;1-2-3-4-5-1/h1-2H;1H. The van der Waals surface area contributed by atoms with Crippen molar-refractivity contribution in [3.05, 3.63) is 18.0 Å². The first-order valence-electron chi connectivity index (χ1n) is 2.29. The fourth-order valence-electron chi connectivity index (χ4n) is 0.241. The molecule has 0 fully saturated rings. The lowest BCUT2D eigenvalue weighted by atomic mass is 11.1. The monoisotopic (exact) mass is 157 g/mol. The first-order chi connectivity index (χ1) is 5.00. The van der Waals surface area contributed by atoms with Crippen LogP contribution in [0.15, 0.2) is 22.5 Å². The largest absolute Gasteiger partial charge is 0.324 e. The molecule has 0 aliphatic heterocycles. The number of hydrogen-bond donors (Lipinski definition) is 0.